The molecule has 0 spiro atoms. The fourth-order valence-electron chi connectivity index (χ4n) is 2.55. The quantitative estimate of drug-likeness (QED) is 0.835. The van der Waals surface area contributed by atoms with Crippen LogP contribution in [0.15, 0.2) is 40.9 Å². The van der Waals surface area contributed by atoms with Crippen LogP contribution in [-0.4, -0.2) is 6.61 Å². The van der Waals surface area contributed by atoms with E-state index < -0.39 is 0 Å². The first-order chi connectivity index (χ1) is 9.63. The molecule has 0 amide bonds. The second kappa shape index (κ2) is 5.49. The molecule has 2 aromatic carbocycles. The zero-order valence-corrected chi connectivity index (χ0v) is 13.3. The third-order valence-electron chi connectivity index (χ3n) is 3.86. The van der Waals surface area contributed by atoms with E-state index in [1.165, 1.54) is 22.4 Å². The lowest BCUT2D eigenvalue weighted by Gasteiger charge is -2.28. The van der Waals surface area contributed by atoms with Gasteiger partial charge >= 0.3 is 0 Å². The summed E-state index contributed by atoms with van der Waals surface area (Å²) in [6.45, 7) is 5.05. The van der Waals surface area contributed by atoms with Crippen LogP contribution >= 0.6 is 15.9 Å². The third kappa shape index (κ3) is 2.68. The second-order valence-corrected chi connectivity index (χ2v) is 6.23. The van der Waals surface area contributed by atoms with E-state index in [1.807, 2.05) is 12.1 Å². The van der Waals surface area contributed by atoms with Crippen LogP contribution in [0.4, 0.5) is 5.69 Å². The van der Waals surface area contributed by atoms with Crippen LogP contribution in [0.3, 0.4) is 0 Å². The average Bonchev–Trinajstić information content (AvgIpc) is 2.44. The van der Waals surface area contributed by atoms with Crippen LogP contribution in [0, 0.1) is 13.8 Å². The first-order valence-corrected chi connectivity index (χ1v) is 7.69. The molecule has 1 unspecified atom stereocenters. The van der Waals surface area contributed by atoms with Gasteiger partial charge in [0.2, 0.25) is 0 Å². The number of ether oxygens (including phenoxy) is 1. The Hall–Kier alpha value is -1.48. The van der Waals surface area contributed by atoms with E-state index in [1.54, 1.807) is 0 Å². The standard InChI is InChI=1S/C17H18BrNO/c1-11-3-5-14(9-12(11)2)19-16-7-8-20-17-6-4-13(18)10-15(16)17/h3-6,9-10,16,19H,7-8H2,1-2H3. The van der Waals surface area contributed by atoms with Crippen LogP contribution in [0.2, 0.25) is 0 Å². The summed E-state index contributed by atoms with van der Waals surface area (Å²) in [7, 11) is 0. The summed E-state index contributed by atoms with van der Waals surface area (Å²) in [6.07, 6.45) is 0.983. The number of fused-ring (bicyclic) bond motifs is 1. The van der Waals surface area contributed by atoms with Gasteiger partial charge in [0, 0.05) is 22.1 Å². The van der Waals surface area contributed by atoms with Crippen molar-refractivity contribution in [1.82, 2.24) is 0 Å². The molecule has 0 aromatic heterocycles. The van der Waals surface area contributed by atoms with Gasteiger partial charge in [0.1, 0.15) is 5.75 Å². The fourth-order valence-corrected chi connectivity index (χ4v) is 2.93. The molecule has 0 fully saturated rings. The Balaban J connectivity index is 1.89. The maximum absolute atomic E-state index is 5.73. The van der Waals surface area contributed by atoms with E-state index in [9.17, 15) is 0 Å². The Bertz CT molecular complexity index is 639. The highest BCUT2D eigenvalue weighted by atomic mass is 79.9. The van der Waals surface area contributed by atoms with E-state index >= 15 is 0 Å². The van der Waals surface area contributed by atoms with Gasteiger partial charge in [-0.3, -0.25) is 0 Å². The first kappa shape index (κ1) is 13.5. The van der Waals surface area contributed by atoms with E-state index in [0.29, 0.717) is 6.04 Å². The van der Waals surface area contributed by atoms with Gasteiger partial charge in [0.05, 0.1) is 12.6 Å². The maximum atomic E-state index is 5.73. The maximum Gasteiger partial charge on any atom is 0.124 e. The van der Waals surface area contributed by atoms with Crippen molar-refractivity contribution >= 4 is 21.6 Å². The number of anilines is 1. The summed E-state index contributed by atoms with van der Waals surface area (Å²) in [5.74, 6) is 0.987. The number of aryl methyl sites for hydroxylation is 2. The van der Waals surface area contributed by atoms with E-state index in [4.69, 9.17) is 4.74 Å². The fraction of sp³-hybridized carbons (Fsp3) is 0.294. The molecular formula is C17H18BrNO. The van der Waals surface area contributed by atoms with Gasteiger partial charge in [-0.25, -0.2) is 0 Å². The zero-order valence-electron chi connectivity index (χ0n) is 11.7. The Kier molecular flexibility index (Phi) is 3.70. The van der Waals surface area contributed by atoms with Gasteiger partial charge in [-0.2, -0.15) is 0 Å². The van der Waals surface area contributed by atoms with Crippen molar-refractivity contribution in [3.8, 4) is 5.75 Å². The Morgan fingerprint density at radius 1 is 1.10 bits per heavy atom. The van der Waals surface area contributed by atoms with Gasteiger partial charge in [0.15, 0.2) is 0 Å². The minimum atomic E-state index is 0.304. The molecule has 2 nitrogen and oxygen atoms in total. The van der Waals surface area contributed by atoms with Gasteiger partial charge in [0.25, 0.3) is 0 Å². The summed E-state index contributed by atoms with van der Waals surface area (Å²) in [5.41, 5.74) is 5.04. The van der Waals surface area contributed by atoms with E-state index in [2.05, 4.69) is 59.4 Å². The number of halogens is 1. The summed E-state index contributed by atoms with van der Waals surface area (Å²) < 4.78 is 6.82. The van der Waals surface area contributed by atoms with Crippen molar-refractivity contribution in [3.05, 3.63) is 57.6 Å². The van der Waals surface area contributed by atoms with Gasteiger partial charge in [-0.15, -0.1) is 0 Å². The van der Waals surface area contributed by atoms with Crippen LogP contribution in [0.5, 0.6) is 5.75 Å². The molecule has 1 atom stereocenters. The second-order valence-electron chi connectivity index (χ2n) is 5.32. The predicted octanol–water partition coefficient (Wildman–Crippen LogP) is 5.00. The van der Waals surface area contributed by atoms with Gasteiger partial charge in [-0.05, 0) is 55.3 Å². The lowest BCUT2D eigenvalue weighted by molar-refractivity contribution is 0.274. The minimum Gasteiger partial charge on any atom is -0.493 e. The molecule has 20 heavy (non-hydrogen) atoms. The molecule has 3 heteroatoms. The monoisotopic (exact) mass is 331 g/mol. The lowest BCUT2D eigenvalue weighted by Crippen LogP contribution is -2.20. The smallest absolute Gasteiger partial charge is 0.124 e. The van der Waals surface area contributed by atoms with Crippen LogP contribution < -0.4 is 10.1 Å². The van der Waals surface area contributed by atoms with Crippen molar-refractivity contribution in [2.24, 2.45) is 0 Å². The molecule has 3 rings (SSSR count). The highest BCUT2D eigenvalue weighted by molar-refractivity contribution is 9.10. The molecule has 2 aromatic rings. The SMILES string of the molecule is Cc1ccc(NC2CCOc3ccc(Br)cc32)cc1C. The largest absolute Gasteiger partial charge is 0.493 e. The van der Waals surface area contributed by atoms with Crippen molar-refractivity contribution < 1.29 is 4.74 Å². The van der Waals surface area contributed by atoms with Gasteiger partial charge < -0.3 is 10.1 Å². The summed E-state index contributed by atoms with van der Waals surface area (Å²) in [4.78, 5) is 0. The summed E-state index contributed by atoms with van der Waals surface area (Å²) in [6, 6.07) is 13.0. The number of hydrogen-bond donors (Lipinski definition) is 1. The minimum absolute atomic E-state index is 0.304. The molecule has 0 radical (unpaired) electrons. The topological polar surface area (TPSA) is 21.3 Å². The molecule has 1 N–H and O–H groups in total. The van der Waals surface area contributed by atoms with Crippen molar-refractivity contribution in [3.63, 3.8) is 0 Å². The number of rotatable bonds is 2. The van der Waals surface area contributed by atoms with Crippen LogP contribution in [0.1, 0.15) is 29.2 Å². The number of nitrogens with one attached hydrogen (secondary N) is 1. The van der Waals surface area contributed by atoms with Crippen molar-refractivity contribution in [1.29, 1.82) is 0 Å². The first-order valence-electron chi connectivity index (χ1n) is 6.89. The molecule has 0 aliphatic carbocycles. The number of benzene rings is 2. The molecule has 1 aliphatic heterocycles. The Morgan fingerprint density at radius 3 is 2.75 bits per heavy atom. The average molecular weight is 332 g/mol. The predicted molar refractivity (Wildman–Crippen MR) is 86.5 cm³/mol. The number of hydrogen-bond acceptors (Lipinski definition) is 2. The molecular weight excluding hydrogens is 314 g/mol. The molecule has 0 saturated heterocycles. The van der Waals surface area contributed by atoms with E-state index in [0.717, 1.165) is 23.2 Å². The van der Waals surface area contributed by atoms with Gasteiger partial charge in [-0.1, -0.05) is 22.0 Å². The van der Waals surface area contributed by atoms with Crippen molar-refractivity contribution in [2.75, 3.05) is 11.9 Å². The zero-order chi connectivity index (χ0) is 14.1. The highest BCUT2D eigenvalue weighted by Gasteiger charge is 2.21. The third-order valence-corrected chi connectivity index (χ3v) is 4.35. The molecule has 0 saturated carbocycles. The van der Waals surface area contributed by atoms with E-state index in [-0.39, 0.29) is 0 Å². The molecule has 0 bridgehead atoms. The van der Waals surface area contributed by atoms with Crippen LogP contribution in [-0.2, 0) is 0 Å². The molecule has 104 valence electrons. The molecule has 1 aliphatic rings. The Morgan fingerprint density at radius 2 is 1.95 bits per heavy atom. The van der Waals surface area contributed by atoms with Crippen molar-refractivity contribution in [2.45, 2.75) is 26.3 Å². The molecule has 1 heterocycles. The summed E-state index contributed by atoms with van der Waals surface area (Å²) in [5, 5.41) is 3.63. The normalized spacial score (nSPS) is 17.2. The Labute approximate surface area is 128 Å². The van der Waals surface area contributed by atoms with Crippen LogP contribution in [0.25, 0.3) is 0 Å². The summed E-state index contributed by atoms with van der Waals surface area (Å²) >= 11 is 3.54. The highest BCUT2D eigenvalue weighted by Crippen LogP contribution is 2.36. The lowest BCUT2D eigenvalue weighted by atomic mass is 10.00.